The summed E-state index contributed by atoms with van der Waals surface area (Å²) in [4.78, 5) is 0. The van der Waals surface area contributed by atoms with E-state index < -0.39 is 30.3 Å². The second kappa shape index (κ2) is 3.68. The summed E-state index contributed by atoms with van der Waals surface area (Å²) in [6.45, 7) is -0.248. The zero-order valence-corrected chi connectivity index (χ0v) is 6.67. The Morgan fingerprint density at radius 2 is 1.75 bits per heavy atom. The molecule has 5 atom stereocenters. The molecule has 1 aliphatic carbocycles. The lowest BCUT2D eigenvalue weighted by atomic mass is 9.80. The summed E-state index contributed by atoms with van der Waals surface area (Å²) in [5.41, 5.74) is 5.39. The highest BCUT2D eigenvalue weighted by Gasteiger charge is 2.40. The van der Waals surface area contributed by atoms with Crippen LogP contribution in [0.1, 0.15) is 6.42 Å². The van der Waals surface area contributed by atoms with E-state index in [0.29, 0.717) is 0 Å². The molecule has 1 fully saturated rings. The van der Waals surface area contributed by atoms with Crippen molar-refractivity contribution in [3.8, 4) is 0 Å². The van der Waals surface area contributed by atoms with Crippen molar-refractivity contribution in [3.63, 3.8) is 0 Å². The average Bonchev–Trinajstić information content (AvgIpc) is 2.08. The number of hydrogen-bond donors (Lipinski definition) is 5. The van der Waals surface area contributed by atoms with Crippen molar-refractivity contribution >= 4 is 0 Å². The van der Waals surface area contributed by atoms with Gasteiger partial charge in [0.15, 0.2) is 0 Å². The molecule has 5 heteroatoms. The van der Waals surface area contributed by atoms with Gasteiger partial charge in [-0.1, -0.05) is 0 Å². The summed E-state index contributed by atoms with van der Waals surface area (Å²) >= 11 is 0. The maximum absolute atomic E-state index is 9.32. The van der Waals surface area contributed by atoms with Gasteiger partial charge in [-0.15, -0.1) is 0 Å². The quantitative estimate of drug-likeness (QED) is 0.302. The van der Waals surface area contributed by atoms with Crippen LogP contribution in [0.2, 0.25) is 0 Å². The van der Waals surface area contributed by atoms with Gasteiger partial charge in [0.2, 0.25) is 0 Å². The molecule has 0 heterocycles. The van der Waals surface area contributed by atoms with E-state index in [9.17, 15) is 15.3 Å². The third-order valence-corrected chi connectivity index (χ3v) is 2.45. The normalized spacial score (nSPS) is 49.2. The van der Waals surface area contributed by atoms with E-state index in [1.165, 1.54) is 0 Å². The highest BCUT2D eigenvalue weighted by molar-refractivity contribution is 4.94. The summed E-state index contributed by atoms with van der Waals surface area (Å²) in [6.07, 6.45) is -2.80. The molecule has 0 bridgehead atoms. The summed E-state index contributed by atoms with van der Waals surface area (Å²) in [5, 5.41) is 36.6. The Bertz CT molecular complexity index is 150. The molecule has 1 saturated carbocycles. The number of hydrogen-bond acceptors (Lipinski definition) is 5. The first kappa shape index (κ1) is 9.88. The van der Waals surface area contributed by atoms with Crippen LogP contribution in [0.25, 0.3) is 0 Å². The average molecular weight is 177 g/mol. The molecule has 0 saturated heterocycles. The lowest BCUT2D eigenvalue weighted by molar-refractivity contribution is -0.106. The van der Waals surface area contributed by atoms with Crippen LogP contribution in [0.3, 0.4) is 0 Å². The molecule has 0 aromatic carbocycles. The van der Waals surface area contributed by atoms with Gasteiger partial charge >= 0.3 is 0 Å². The van der Waals surface area contributed by atoms with Gasteiger partial charge in [-0.2, -0.15) is 0 Å². The number of rotatable bonds is 1. The lowest BCUT2D eigenvalue weighted by Crippen LogP contribution is -2.58. The minimum Gasteiger partial charge on any atom is -0.396 e. The molecule has 6 N–H and O–H groups in total. The van der Waals surface area contributed by atoms with Crippen LogP contribution in [0.5, 0.6) is 0 Å². The fraction of sp³-hybridized carbons (Fsp3) is 1.00. The molecule has 0 aliphatic heterocycles. The third-order valence-electron chi connectivity index (χ3n) is 2.45. The van der Waals surface area contributed by atoms with Crippen LogP contribution in [-0.2, 0) is 0 Å². The van der Waals surface area contributed by atoms with E-state index in [4.69, 9.17) is 10.8 Å². The van der Waals surface area contributed by atoms with E-state index in [2.05, 4.69) is 0 Å². The number of nitrogens with two attached hydrogens (primary N) is 1. The minimum absolute atomic E-state index is 0.232. The fourth-order valence-electron chi connectivity index (χ4n) is 1.52. The molecule has 0 amide bonds. The Morgan fingerprint density at radius 1 is 1.17 bits per heavy atom. The standard InChI is InChI=1S/C7H15NO4/c8-5-4(10)1-3(2-9)6(11)7(5)12/h3-7,9-12H,1-2,8H2/t3-,4+,5+,6-,7-/m1/s1. The van der Waals surface area contributed by atoms with Gasteiger partial charge in [-0.05, 0) is 6.42 Å². The van der Waals surface area contributed by atoms with Gasteiger partial charge in [0.1, 0.15) is 0 Å². The van der Waals surface area contributed by atoms with Crippen LogP contribution in [0.4, 0.5) is 0 Å². The predicted molar refractivity (Wildman–Crippen MR) is 41.2 cm³/mol. The zero-order valence-electron chi connectivity index (χ0n) is 6.67. The number of aliphatic hydroxyl groups excluding tert-OH is 4. The van der Waals surface area contributed by atoms with E-state index in [1.54, 1.807) is 0 Å². The van der Waals surface area contributed by atoms with Crippen molar-refractivity contribution < 1.29 is 20.4 Å². The van der Waals surface area contributed by atoms with Crippen molar-refractivity contribution in [2.75, 3.05) is 6.61 Å². The van der Waals surface area contributed by atoms with Gasteiger partial charge in [0.25, 0.3) is 0 Å². The number of aliphatic hydroxyl groups is 4. The van der Waals surface area contributed by atoms with Gasteiger partial charge in [0.05, 0.1) is 24.4 Å². The highest BCUT2D eigenvalue weighted by atomic mass is 16.3. The van der Waals surface area contributed by atoms with Gasteiger partial charge in [0, 0.05) is 12.5 Å². The van der Waals surface area contributed by atoms with Gasteiger partial charge < -0.3 is 26.2 Å². The van der Waals surface area contributed by atoms with Crippen LogP contribution < -0.4 is 5.73 Å². The summed E-state index contributed by atoms with van der Waals surface area (Å²) in [5.74, 6) is -0.477. The SMILES string of the molecule is N[C@@H]1[C@@H](O)[C@H](O)[C@@H](CO)C[C@@H]1O. The van der Waals surface area contributed by atoms with E-state index >= 15 is 0 Å². The molecule has 0 unspecified atom stereocenters. The van der Waals surface area contributed by atoms with Crippen molar-refractivity contribution in [2.24, 2.45) is 11.7 Å². The first-order chi connectivity index (χ1) is 5.57. The Kier molecular flexibility index (Phi) is 3.03. The van der Waals surface area contributed by atoms with E-state index in [0.717, 1.165) is 0 Å². The van der Waals surface area contributed by atoms with Crippen LogP contribution >= 0.6 is 0 Å². The molecule has 5 nitrogen and oxygen atoms in total. The molecule has 72 valence electrons. The summed E-state index contributed by atoms with van der Waals surface area (Å²) in [6, 6.07) is -0.817. The Hall–Kier alpha value is -0.200. The van der Waals surface area contributed by atoms with Crippen LogP contribution in [-0.4, -0.2) is 51.4 Å². The van der Waals surface area contributed by atoms with Crippen LogP contribution in [0, 0.1) is 5.92 Å². The fourth-order valence-corrected chi connectivity index (χ4v) is 1.52. The van der Waals surface area contributed by atoms with Gasteiger partial charge in [-0.25, -0.2) is 0 Å². The van der Waals surface area contributed by atoms with Crippen molar-refractivity contribution in [3.05, 3.63) is 0 Å². The lowest BCUT2D eigenvalue weighted by Gasteiger charge is -2.38. The molecule has 0 aromatic rings. The zero-order chi connectivity index (χ0) is 9.30. The van der Waals surface area contributed by atoms with Gasteiger partial charge in [-0.3, -0.25) is 0 Å². The first-order valence-corrected chi connectivity index (χ1v) is 3.98. The Balaban J connectivity index is 2.63. The maximum Gasteiger partial charge on any atom is 0.0978 e. The van der Waals surface area contributed by atoms with Crippen molar-refractivity contribution in [2.45, 2.75) is 30.8 Å². The second-order valence-electron chi connectivity index (χ2n) is 3.30. The molecule has 1 rings (SSSR count). The van der Waals surface area contributed by atoms with Crippen LogP contribution in [0.15, 0.2) is 0 Å². The largest absolute Gasteiger partial charge is 0.396 e. The molecular formula is C7H15NO4. The highest BCUT2D eigenvalue weighted by Crippen LogP contribution is 2.24. The van der Waals surface area contributed by atoms with Crippen molar-refractivity contribution in [1.82, 2.24) is 0 Å². The smallest absolute Gasteiger partial charge is 0.0978 e. The molecule has 0 radical (unpaired) electrons. The summed E-state index contributed by atoms with van der Waals surface area (Å²) < 4.78 is 0. The monoisotopic (exact) mass is 177 g/mol. The second-order valence-corrected chi connectivity index (χ2v) is 3.30. The molecule has 0 spiro atoms. The Labute approximate surface area is 70.4 Å². The maximum atomic E-state index is 9.32. The topological polar surface area (TPSA) is 107 Å². The first-order valence-electron chi connectivity index (χ1n) is 3.98. The van der Waals surface area contributed by atoms with E-state index in [-0.39, 0.29) is 13.0 Å². The van der Waals surface area contributed by atoms with E-state index in [1.807, 2.05) is 0 Å². The molecule has 0 aromatic heterocycles. The Morgan fingerprint density at radius 3 is 2.25 bits per heavy atom. The van der Waals surface area contributed by atoms with Crippen molar-refractivity contribution in [1.29, 1.82) is 0 Å². The minimum atomic E-state index is -1.15. The molecular weight excluding hydrogens is 162 g/mol. The molecule has 1 aliphatic rings. The predicted octanol–water partition coefficient (Wildman–Crippen LogP) is -2.59. The third kappa shape index (κ3) is 1.60. The summed E-state index contributed by atoms with van der Waals surface area (Å²) in [7, 11) is 0. The molecule has 12 heavy (non-hydrogen) atoms.